The van der Waals surface area contributed by atoms with Crippen LogP contribution in [0.1, 0.15) is 51.8 Å². The Morgan fingerprint density at radius 2 is 2.05 bits per heavy atom. The summed E-state index contributed by atoms with van der Waals surface area (Å²) in [4.78, 5) is 23.0. The van der Waals surface area contributed by atoms with Crippen molar-refractivity contribution in [1.82, 2.24) is 5.32 Å². The van der Waals surface area contributed by atoms with Crippen molar-refractivity contribution in [2.75, 3.05) is 6.54 Å². The van der Waals surface area contributed by atoms with Crippen molar-refractivity contribution in [3.8, 4) is 0 Å². The molecule has 0 atom stereocenters. The van der Waals surface area contributed by atoms with E-state index in [-0.39, 0.29) is 17.4 Å². The fourth-order valence-electron chi connectivity index (χ4n) is 2.22. The summed E-state index contributed by atoms with van der Waals surface area (Å²) in [7, 11) is 0. The van der Waals surface area contributed by atoms with Gasteiger partial charge in [-0.1, -0.05) is 26.0 Å². The SMILES string of the molecule is CC(C)c1ccoc1C(=O)NCCc1cccc(C(=O)O)c1. The fourth-order valence-corrected chi connectivity index (χ4v) is 2.22. The molecular weight excluding hydrogens is 282 g/mol. The minimum atomic E-state index is -0.956. The van der Waals surface area contributed by atoms with Gasteiger partial charge >= 0.3 is 5.97 Å². The smallest absolute Gasteiger partial charge is 0.335 e. The Morgan fingerprint density at radius 3 is 2.73 bits per heavy atom. The first-order chi connectivity index (χ1) is 10.5. The second kappa shape index (κ2) is 6.93. The van der Waals surface area contributed by atoms with Crippen molar-refractivity contribution in [1.29, 1.82) is 0 Å². The maximum absolute atomic E-state index is 12.1. The number of aromatic carboxylic acids is 1. The van der Waals surface area contributed by atoms with Gasteiger partial charge in [-0.3, -0.25) is 4.79 Å². The van der Waals surface area contributed by atoms with Crippen LogP contribution in [-0.4, -0.2) is 23.5 Å². The number of hydrogen-bond acceptors (Lipinski definition) is 3. The molecule has 0 saturated heterocycles. The summed E-state index contributed by atoms with van der Waals surface area (Å²) in [6.07, 6.45) is 2.07. The summed E-state index contributed by atoms with van der Waals surface area (Å²) in [5, 5.41) is 11.7. The Bertz CT molecular complexity index is 673. The van der Waals surface area contributed by atoms with E-state index in [0.717, 1.165) is 11.1 Å². The fraction of sp³-hybridized carbons (Fsp3) is 0.294. The number of carboxylic acids is 1. The monoisotopic (exact) mass is 301 g/mol. The molecule has 0 aliphatic carbocycles. The normalized spacial score (nSPS) is 10.7. The summed E-state index contributed by atoms with van der Waals surface area (Å²) in [6.45, 7) is 4.41. The van der Waals surface area contributed by atoms with E-state index in [1.54, 1.807) is 24.3 Å². The van der Waals surface area contributed by atoms with E-state index >= 15 is 0 Å². The van der Waals surface area contributed by atoms with E-state index in [1.807, 2.05) is 19.9 Å². The standard InChI is InChI=1S/C17H19NO4/c1-11(2)14-7-9-22-15(14)16(19)18-8-6-12-4-3-5-13(10-12)17(20)21/h3-5,7,9-11H,6,8H2,1-2H3,(H,18,19)(H,20,21). The highest BCUT2D eigenvalue weighted by molar-refractivity contribution is 5.93. The molecule has 0 fully saturated rings. The zero-order valence-electron chi connectivity index (χ0n) is 12.6. The van der Waals surface area contributed by atoms with Gasteiger partial charge in [0.05, 0.1) is 11.8 Å². The van der Waals surface area contributed by atoms with Gasteiger partial charge in [-0.05, 0) is 36.1 Å². The second-order valence-electron chi connectivity index (χ2n) is 5.37. The molecule has 1 aromatic carbocycles. The molecule has 0 spiro atoms. The highest BCUT2D eigenvalue weighted by Gasteiger charge is 2.17. The van der Waals surface area contributed by atoms with Crippen LogP contribution in [0.2, 0.25) is 0 Å². The molecular formula is C17H19NO4. The van der Waals surface area contributed by atoms with E-state index in [0.29, 0.717) is 18.7 Å². The number of hydrogen-bond donors (Lipinski definition) is 2. The van der Waals surface area contributed by atoms with Gasteiger partial charge in [0, 0.05) is 12.1 Å². The predicted octanol–water partition coefficient (Wildman–Crippen LogP) is 3.07. The number of carbonyl (C=O) groups excluding carboxylic acids is 1. The topological polar surface area (TPSA) is 79.5 Å². The number of furan rings is 1. The molecule has 0 aliphatic rings. The Labute approximate surface area is 129 Å². The zero-order valence-corrected chi connectivity index (χ0v) is 12.6. The second-order valence-corrected chi connectivity index (χ2v) is 5.37. The van der Waals surface area contributed by atoms with Crippen LogP contribution in [0, 0.1) is 0 Å². The molecule has 2 aromatic rings. The third-order valence-electron chi connectivity index (χ3n) is 3.40. The Kier molecular flexibility index (Phi) is 4.99. The average Bonchev–Trinajstić information content (AvgIpc) is 2.97. The average molecular weight is 301 g/mol. The first-order valence-electron chi connectivity index (χ1n) is 7.17. The van der Waals surface area contributed by atoms with Gasteiger partial charge in [-0.15, -0.1) is 0 Å². The number of rotatable bonds is 6. The Hall–Kier alpha value is -2.56. The van der Waals surface area contributed by atoms with Gasteiger partial charge in [0.15, 0.2) is 5.76 Å². The number of amides is 1. The van der Waals surface area contributed by atoms with Crippen LogP contribution in [0.3, 0.4) is 0 Å². The van der Waals surface area contributed by atoms with Crippen LogP contribution in [0.25, 0.3) is 0 Å². The number of nitrogens with one attached hydrogen (secondary N) is 1. The van der Waals surface area contributed by atoms with E-state index in [1.165, 1.54) is 6.26 Å². The minimum absolute atomic E-state index is 0.215. The van der Waals surface area contributed by atoms with Crippen molar-refractivity contribution in [3.05, 3.63) is 59.0 Å². The highest BCUT2D eigenvalue weighted by atomic mass is 16.4. The maximum atomic E-state index is 12.1. The molecule has 2 rings (SSSR count). The van der Waals surface area contributed by atoms with E-state index < -0.39 is 5.97 Å². The van der Waals surface area contributed by atoms with Crippen molar-refractivity contribution < 1.29 is 19.1 Å². The van der Waals surface area contributed by atoms with Crippen molar-refractivity contribution >= 4 is 11.9 Å². The van der Waals surface area contributed by atoms with Gasteiger partial charge < -0.3 is 14.8 Å². The van der Waals surface area contributed by atoms with Crippen LogP contribution in [0.15, 0.2) is 41.0 Å². The summed E-state index contributed by atoms with van der Waals surface area (Å²) in [5.41, 5.74) is 1.99. The van der Waals surface area contributed by atoms with Crippen molar-refractivity contribution in [2.24, 2.45) is 0 Å². The molecule has 2 N–H and O–H groups in total. The largest absolute Gasteiger partial charge is 0.478 e. The molecule has 0 saturated carbocycles. The first kappa shape index (κ1) is 15.8. The lowest BCUT2D eigenvalue weighted by Gasteiger charge is -2.07. The summed E-state index contributed by atoms with van der Waals surface area (Å²) >= 11 is 0. The van der Waals surface area contributed by atoms with E-state index in [4.69, 9.17) is 9.52 Å². The van der Waals surface area contributed by atoms with Crippen LogP contribution in [0.5, 0.6) is 0 Å². The Balaban J connectivity index is 1.93. The quantitative estimate of drug-likeness (QED) is 0.859. The molecule has 1 amide bonds. The van der Waals surface area contributed by atoms with Gasteiger partial charge in [0.1, 0.15) is 0 Å². The van der Waals surface area contributed by atoms with Crippen LogP contribution in [0.4, 0.5) is 0 Å². The maximum Gasteiger partial charge on any atom is 0.335 e. The molecule has 116 valence electrons. The molecule has 22 heavy (non-hydrogen) atoms. The minimum Gasteiger partial charge on any atom is -0.478 e. The third kappa shape index (κ3) is 3.75. The molecule has 1 heterocycles. The summed E-state index contributed by atoms with van der Waals surface area (Å²) in [5.74, 6) is -0.646. The van der Waals surface area contributed by atoms with Crippen molar-refractivity contribution in [3.63, 3.8) is 0 Å². The molecule has 5 nitrogen and oxygen atoms in total. The molecule has 0 unspecified atom stereocenters. The van der Waals surface area contributed by atoms with Crippen molar-refractivity contribution in [2.45, 2.75) is 26.2 Å². The molecule has 5 heteroatoms. The van der Waals surface area contributed by atoms with Crippen LogP contribution < -0.4 is 5.32 Å². The Morgan fingerprint density at radius 1 is 1.27 bits per heavy atom. The lowest BCUT2D eigenvalue weighted by atomic mass is 10.0. The number of benzene rings is 1. The lowest BCUT2D eigenvalue weighted by Crippen LogP contribution is -2.26. The van der Waals surface area contributed by atoms with Gasteiger partial charge in [0.25, 0.3) is 5.91 Å². The molecule has 1 aromatic heterocycles. The third-order valence-corrected chi connectivity index (χ3v) is 3.40. The van der Waals surface area contributed by atoms with Gasteiger partial charge in [0.2, 0.25) is 0 Å². The molecule has 0 aliphatic heterocycles. The first-order valence-corrected chi connectivity index (χ1v) is 7.17. The van der Waals surface area contributed by atoms with E-state index in [9.17, 15) is 9.59 Å². The summed E-state index contributed by atoms with van der Waals surface area (Å²) in [6, 6.07) is 8.49. The predicted molar refractivity (Wildman–Crippen MR) is 82.2 cm³/mol. The molecule has 0 bridgehead atoms. The lowest BCUT2D eigenvalue weighted by molar-refractivity contribution is 0.0696. The summed E-state index contributed by atoms with van der Waals surface area (Å²) < 4.78 is 5.25. The van der Waals surface area contributed by atoms with Crippen LogP contribution >= 0.6 is 0 Å². The number of carboxylic acid groups (broad SMARTS) is 1. The highest BCUT2D eigenvalue weighted by Crippen LogP contribution is 2.20. The molecule has 0 radical (unpaired) electrons. The van der Waals surface area contributed by atoms with E-state index in [2.05, 4.69) is 5.32 Å². The zero-order chi connectivity index (χ0) is 16.1. The van der Waals surface area contributed by atoms with Gasteiger partial charge in [-0.25, -0.2) is 4.79 Å². The van der Waals surface area contributed by atoms with Crippen LogP contribution in [-0.2, 0) is 6.42 Å². The number of carbonyl (C=O) groups is 2. The van der Waals surface area contributed by atoms with Gasteiger partial charge in [-0.2, -0.15) is 0 Å².